The normalized spacial score (nSPS) is 8.81. The molecule has 2 nitrogen and oxygen atoms in total. The predicted molar refractivity (Wildman–Crippen MR) is 122 cm³/mol. The molecule has 0 aliphatic carbocycles. The summed E-state index contributed by atoms with van der Waals surface area (Å²) in [5.41, 5.74) is 5.09. The van der Waals surface area contributed by atoms with Crippen LogP contribution in [0.1, 0.15) is 70.2 Å². The second kappa shape index (κ2) is 17.5. The van der Waals surface area contributed by atoms with Crippen molar-refractivity contribution in [2.24, 2.45) is 0 Å². The minimum atomic E-state index is 0.990. The topological polar surface area (TPSA) is 18.5 Å². The molecule has 0 aromatic heterocycles. The Balaban J connectivity index is 0. The molecule has 0 atom stereocenters. The largest absolute Gasteiger partial charge is 0.496 e. The Morgan fingerprint density at radius 1 is 0.667 bits per heavy atom. The Hall–Kier alpha value is -1.96. The summed E-state index contributed by atoms with van der Waals surface area (Å²) in [5, 5.41) is 0. The van der Waals surface area contributed by atoms with E-state index in [1.165, 1.54) is 28.7 Å². The average molecular weight is 375 g/mol. The monoisotopic (exact) mass is 374 g/mol. The zero-order valence-electron chi connectivity index (χ0n) is 19.4. The lowest BCUT2D eigenvalue weighted by Crippen LogP contribution is -1.89. The molecule has 2 aromatic rings. The smallest absolute Gasteiger partial charge is 0.122 e. The lowest BCUT2D eigenvalue weighted by atomic mass is 10.1. The third-order valence-corrected chi connectivity index (χ3v) is 3.89. The van der Waals surface area contributed by atoms with Crippen LogP contribution in [-0.4, -0.2) is 14.2 Å². The lowest BCUT2D eigenvalue weighted by molar-refractivity contribution is 0.411. The van der Waals surface area contributed by atoms with Crippen molar-refractivity contribution < 1.29 is 9.47 Å². The first-order valence-electron chi connectivity index (χ1n) is 10.3. The van der Waals surface area contributed by atoms with E-state index < -0.39 is 0 Å². The van der Waals surface area contributed by atoms with E-state index in [4.69, 9.17) is 9.47 Å². The van der Waals surface area contributed by atoms with Crippen LogP contribution < -0.4 is 9.47 Å². The van der Waals surface area contributed by atoms with Gasteiger partial charge in [0.1, 0.15) is 11.5 Å². The van der Waals surface area contributed by atoms with Crippen molar-refractivity contribution in [2.45, 2.75) is 74.7 Å². The second-order valence-electron chi connectivity index (χ2n) is 5.71. The Morgan fingerprint density at radius 2 is 1.07 bits per heavy atom. The first-order chi connectivity index (χ1) is 13.0. The number of rotatable bonds is 5. The van der Waals surface area contributed by atoms with Crippen LogP contribution in [0, 0.1) is 13.8 Å². The molecule has 27 heavy (non-hydrogen) atoms. The van der Waals surface area contributed by atoms with Crippen LogP contribution >= 0.6 is 0 Å². The molecule has 0 aliphatic rings. The Labute approximate surface area is 168 Å². The first-order valence-corrected chi connectivity index (χ1v) is 10.3. The fourth-order valence-electron chi connectivity index (χ4n) is 2.39. The van der Waals surface area contributed by atoms with Gasteiger partial charge in [0.15, 0.2) is 0 Å². The molecule has 0 spiro atoms. The Bertz CT molecular complexity index is 603. The molecule has 2 heteroatoms. The maximum Gasteiger partial charge on any atom is 0.122 e. The molecule has 0 amide bonds. The highest BCUT2D eigenvalue weighted by Crippen LogP contribution is 2.20. The fourth-order valence-corrected chi connectivity index (χ4v) is 2.39. The van der Waals surface area contributed by atoms with Crippen LogP contribution in [0.3, 0.4) is 0 Å². The van der Waals surface area contributed by atoms with Gasteiger partial charge in [-0.25, -0.2) is 0 Å². The van der Waals surface area contributed by atoms with Crippen molar-refractivity contribution >= 4 is 0 Å². The molecule has 0 heterocycles. The van der Waals surface area contributed by atoms with Gasteiger partial charge >= 0.3 is 0 Å². The minimum absolute atomic E-state index is 0.990. The number of ether oxygens (including phenoxy) is 2. The minimum Gasteiger partial charge on any atom is -0.496 e. The molecule has 0 saturated carbocycles. The summed E-state index contributed by atoms with van der Waals surface area (Å²) >= 11 is 0. The van der Waals surface area contributed by atoms with E-state index in [0.29, 0.717) is 0 Å². The summed E-state index contributed by atoms with van der Waals surface area (Å²) in [6, 6.07) is 12.7. The predicted octanol–water partition coefficient (Wildman–Crippen LogP) is 7.57. The average Bonchev–Trinajstić information content (AvgIpc) is 2.73. The highest BCUT2D eigenvalue weighted by atomic mass is 16.5. The summed E-state index contributed by atoms with van der Waals surface area (Å²) in [6.07, 6.45) is 3.39. The number of methoxy groups -OCH3 is 2. The van der Waals surface area contributed by atoms with Gasteiger partial charge in [0, 0.05) is 0 Å². The summed E-state index contributed by atoms with van der Waals surface area (Å²) < 4.78 is 10.4. The lowest BCUT2D eigenvalue weighted by Gasteiger charge is -2.06. The molecule has 154 valence electrons. The van der Waals surface area contributed by atoms with Crippen molar-refractivity contribution in [3.05, 3.63) is 58.7 Å². The van der Waals surface area contributed by atoms with Crippen molar-refractivity contribution in [3.8, 4) is 11.5 Å². The van der Waals surface area contributed by atoms with Crippen LogP contribution in [0.5, 0.6) is 11.5 Å². The summed E-state index contributed by atoms with van der Waals surface area (Å²) in [6.45, 7) is 16.4. The van der Waals surface area contributed by atoms with E-state index in [2.05, 4.69) is 64.1 Å². The van der Waals surface area contributed by atoms with Crippen molar-refractivity contribution in [2.75, 3.05) is 14.2 Å². The molecule has 0 fully saturated rings. The van der Waals surface area contributed by atoms with Gasteiger partial charge in [-0.2, -0.15) is 0 Å². The van der Waals surface area contributed by atoms with Crippen LogP contribution in [0.25, 0.3) is 0 Å². The van der Waals surface area contributed by atoms with Crippen molar-refractivity contribution in [1.29, 1.82) is 0 Å². The van der Waals surface area contributed by atoms with Gasteiger partial charge in [0.05, 0.1) is 14.2 Å². The van der Waals surface area contributed by atoms with Gasteiger partial charge in [-0.15, -0.1) is 0 Å². The van der Waals surface area contributed by atoms with Gasteiger partial charge in [0.2, 0.25) is 0 Å². The Morgan fingerprint density at radius 3 is 1.44 bits per heavy atom. The summed E-state index contributed by atoms with van der Waals surface area (Å²) in [7, 11) is 3.43. The third kappa shape index (κ3) is 10.7. The highest BCUT2D eigenvalue weighted by Gasteiger charge is 1.99. The van der Waals surface area contributed by atoms with Crippen LogP contribution in [-0.2, 0) is 12.8 Å². The van der Waals surface area contributed by atoms with Gasteiger partial charge in [-0.05, 0) is 61.1 Å². The van der Waals surface area contributed by atoms with Gasteiger partial charge < -0.3 is 9.47 Å². The molecular weight excluding hydrogens is 332 g/mol. The number of benzene rings is 2. The van der Waals surface area contributed by atoms with Crippen LogP contribution in [0.2, 0.25) is 0 Å². The quantitative estimate of drug-likeness (QED) is 0.537. The first kappa shape index (κ1) is 27.3. The van der Waals surface area contributed by atoms with Crippen LogP contribution in [0.4, 0.5) is 0 Å². The molecule has 2 aromatic carbocycles. The van der Waals surface area contributed by atoms with E-state index in [1.54, 1.807) is 14.2 Å². The maximum atomic E-state index is 5.23. The molecule has 0 aliphatic heterocycles. The molecule has 0 radical (unpaired) electrons. The molecule has 0 unspecified atom stereocenters. The molecule has 0 bridgehead atoms. The van der Waals surface area contributed by atoms with Gasteiger partial charge in [-0.3, -0.25) is 0 Å². The third-order valence-electron chi connectivity index (χ3n) is 3.89. The van der Waals surface area contributed by atoms with E-state index >= 15 is 0 Å². The van der Waals surface area contributed by atoms with E-state index in [1.807, 2.05) is 27.7 Å². The summed E-state index contributed by atoms with van der Waals surface area (Å²) in [5.74, 6) is 1.99. The van der Waals surface area contributed by atoms with Crippen molar-refractivity contribution in [3.63, 3.8) is 0 Å². The number of aryl methyl sites for hydroxylation is 4. The number of hydrogen-bond donors (Lipinski definition) is 0. The molecular formula is C25H42O2. The van der Waals surface area contributed by atoms with Gasteiger partial charge in [0.25, 0.3) is 0 Å². The second-order valence-corrected chi connectivity index (χ2v) is 5.71. The van der Waals surface area contributed by atoms with E-state index in [9.17, 15) is 0 Å². The van der Waals surface area contributed by atoms with Crippen molar-refractivity contribution in [1.82, 2.24) is 0 Å². The van der Waals surface area contributed by atoms with E-state index in [-0.39, 0.29) is 0 Å². The number of hydrogen-bond acceptors (Lipinski definition) is 2. The molecule has 0 N–H and O–H groups in total. The van der Waals surface area contributed by atoms with Crippen LogP contribution in [0.15, 0.2) is 36.4 Å². The van der Waals surface area contributed by atoms with Gasteiger partial charge in [-0.1, -0.05) is 72.2 Å². The summed E-state index contributed by atoms with van der Waals surface area (Å²) in [4.78, 5) is 0. The zero-order chi connectivity index (χ0) is 21.2. The maximum absolute atomic E-state index is 5.23. The zero-order valence-corrected chi connectivity index (χ0v) is 19.4. The van der Waals surface area contributed by atoms with E-state index in [0.717, 1.165) is 24.3 Å². The Kier molecular flexibility index (Phi) is 17.6. The molecule has 0 saturated heterocycles. The highest BCUT2D eigenvalue weighted by molar-refractivity contribution is 5.37. The molecule has 2 rings (SSSR count). The SMILES string of the molecule is CC.CC.CCCc1ccc(C)c(OC)c1.CCc1ccc(C)c(OC)c1. The fraction of sp³-hybridized carbons (Fsp3) is 0.520. The standard InChI is InChI=1S/C11H16O.C10H14O.2C2H6/c1-4-5-10-7-6-9(2)11(8-10)12-3;1-4-9-6-5-8(2)10(7-9)11-3;2*1-2/h6-8H,4-5H2,1-3H3;5-7H,4H2,1-3H3;2*1-2H3.